The van der Waals surface area contributed by atoms with E-state index in [1.54, 1.807) is 37.1 Å². The second-order valence-corrected chi connectivity index (χ2v) is 6.59. The molecule has 0 saturated heterocycles. The molecule has 0 fully saturated rings. The number of ether oxygens (including phenoxy) is 1. The number of hydrogen-bond donors (Lipinski definition) is 0. The zero-order chi connectivity index (χ0) is 17.0. The van der Waals surface area contributed by atoms with E-state index in [4.69, 9.17) is 4.74 Å². The van der Waals surface area contributed by atoms with E-state index in [1.165, 1.54) is 6.08 Å². The van der Waals surface area contributed by atoms with Crippen molar-refractivity contribution in [2.45, 2.75) is 26.8 Å². The molecule has 2 rings (SSSR count). The third-order valence-corrected chi connectivity index (χ3v) is 4.59. The Labute approximate surface area is 139 Å². The minimum absolute atomic E-state index is 0.179. The quantitative estimate of drug-likeness (QED) is 0.622. The Kier molecular flexibility index (Phi) is 5.50. The number of nitrogens with zero attached hydrogens (tertiary/aromatic N) is 2. The van der Waals surface area contributed by atoms with Gasteiger partial charge in [-0.2, -0.15) is 0 Å². The van der Waals surface area contributed by atoms with Crippen molar-refractivity contribution in [1.82, 2.24) is 9.88 Å². The highest BCUT2D eigenvalue weighted by Crippen LogP contribution is 2.28. The largest absolute Gasteiger partial charge is 0.452 e. The van der Waals surface area contributed by atoms with Gasteiger partial charge in [-0.25, -0.2) is 9.78 Å². The lowest BCUT2D eigenvalue weighted by molar-refractivity contribution is -0.148. The van der Waals surface area contributed by atoms with Crippen LogP contribution in [0.25, 0.3) is 10.2 Å². The Morgan fingerprint density at radius 2 is 2.04 bits per heavy atom. The smallest absolute Gasteiger partial charge is 0.331 e. The number of fused-ring (bicyclic) bond motifs is 1. The van der Waals surface area contributed by atoms with Crippen LogP contribution in [0.2, 0.25) is 0 Å². The number of amides is 1. The first-order valence-corrected chi connectivity index (χ1v) is 8.13. The molecule has 6 heteroatoms. The van der Waals surface area contributed by atoms with Crippen LogP contribution in [0, 0.1) is 0 Å². The number of carbonyl (C=O) groups is 2. The van der Waals surface area contributed by atoms with E-state index in [0.717, 1.165) is 20.8 Å². The van der Waals surface area contributed by atoms with Crippen LogP contribution < -0.4 is 0 Å². The van der Waals surface area contributed by atoms with Crippen molar-refractivity contribution in [1.29, 1.82) is 0 Å². The summed E-state index contributed by atoms with van der Waals surface area (Å²) < 4.78 is 6.05. The number of rotatable bonds is 5. The number of esters is 1. The molecule has 2 aromatic rings. The second kappa shape index (κ2) is 7.37. The van der Waals surface area contributed by atoms with Gasteiger partial charge in [0.05, 0.1) is 16.3 Å². The Morgan fingerprint density at radius 3 is 2.70 bits per heavy atom. The average molecular weight is 332 g/mol. The van der Waals surface area contributed by atoms with Gasteiger partial charge in [0.1, 0.15) is 5.01 Å². The third-order valence-electron chi connectivity index (χ3n) is 3.39. The van der Waals surface area contributed by atoms with Gasteiger partial charge in [-0.3, -0.25) is 4.79 Å². The summed E-state index contributed by atoms with van der Waals surface area (Å²) in [6, 6.07) is 7.68. The molecule has 1 aromatic heterocycles. The SMILES string of the molecule is CC(C)=CC(=O)OCC(=O)N(C)[C@@H](C)c1nc2ccccc2s1. The predicted molar refractivity (Wildman–Crippen MR) is 91.2 cm³/mol. The van der Waals surface area contributed by atoms with Crippen LogP contribution in [-0.2, 0) is 14.3 Å². The van der Waals surface area contributed by atoms with Gasteiger partial charge in [0.15, 0.2) is 6.61 Å². The van der Waals surface area contributed by atoms with Gasteiger partial charge in [-0.15, -0.1) is 11.3 Å². The fourth-order valence-corrected chi connectivity index (χ4v) is 3.03. The molecule has 0 aliphatic rings. The fraction of sp³-hybridized carbons (Fsp3) is 0.353. The average Bonchev–Trinajstić information content (AvgIpc) is 2.94. The molecule has 0 unspecified atom stereocenters. The monoisotopic (exact) mass is 332 g/mol. The van der Waals surface area contributed by atoms with Crippen LogP contribution in [0.5, 0.6) is 0 Å². The first-order chi connectivity index (χ1) is 10.9. The van der Waals surface area contributed by atoms with E-state index in [-0.39, 0.29) is 18.6 Å². The van der Waals surface area contributed by atoms with Crippen LogP contribution >= 0.6 is 11.3 Å². The second-order valence-electron chi connectivity index (χ2n) is 5.53. The summed E-state index contributed by atoms with van der Waals surface area (Å²) in [5.41, 5.74) is 1.76. The lowest BCUT2D eigenvalue weighted by Gasteiger charge is -2.22. The molecule has 0 N–H and O–H groups in total. The summed E-state index contributed by atoms with van der Waals surface area (Å²) in [7, 11) is 1.69. The van der Waals surface area contributed by atoms with Crippen LogP contribution in [0.1, 0.15) is 31.8 Å². The van der Waals surface area contributed by atoms with Crippen LogP contribution in [0.3, 0.4) is 0 Å². The topological polar surface area (TPSA) is 59.5 Å². The van der Waals surface area contributed by atoms with E-state index < -0.39 is 5.97 Å². The predicted octanol–water partition coefficient (Wildman–Crippen LogP) is 3.33. The summed E-state index contributed by atoms with van der Waals surface area (Å²) in [5.74, 6) is -0.758. The van der Waals surface area contributed by atoms with Crippen LogP contribution in [0.15, 0.2) is 35.9 Å². The molecule has 122 valence electrons. The number of likely N-dealkylation sites (N-methyl/N-ethyl adjacent to an activating group) is 1. The van der Waals surface area contributed by atoms with Crippen molar-refractivity contribution in [2.75, 3.05) is 13.7 Å². The number of allylic oxidation sites excluding steroid dienone is 1. The summed E-state index contributed by atoms with van der Waals surface area (Å²) in [4.78, 5) is 29.7. The highest BCUT2D eigenvalue weighted by Gasteiger charge is 2.21. The van der Waals surface area contributed by atoms with Crippen molar-refractivity contribution < 1.29 is 14.3 Å². The molecule has 0 aliphatic heterocycles. The number of benzene rings is 1. The zero-order valence-corrected chi connectivity index (χ0v) is 14.5. The van der Waals surface area contributed by atoms with Crippen molar-refractivity contribution in [2.24, 2.45) is 0 Å². The molecule has 23 heavy (non-hydrogen) atoms. The van der Waals surface area contributed by atoms with Gasteiger partial charge < -0.3 is 9.64 Å². The van der Waals surface area contributed by atoms with Crippen LogP contribution in [0.4, 0.5) is 0 Å². The third kappa shape index (κ3) is 4.39. The van der Waals surface area contributed by atoms with Gasteiger partial charge in [-0.05, 0) is 32.9 Å². The van der Waals surface area contributed by atoms with Crippen molar-refractivity contribution in [3.63, 3.8) is 0 Å². The van der Waals surface area contributed by atoms with Gasteiger partial charge in [0.2, 0.25) is 0 Å². The van der Waals surface area contributed by atoms with E-state index >= 15 is 0 Å². The zero-order valence-electron chi connectivity index (χ0n) is 13.7. The maximum atomic E-state index is 12.2. The maximum Gasteiger partial charge on any atom is 0.331 e. The fourth-order valence-electron chi connectivity index (χ4n) is 1.96. The first kappa shape index (κ1) is 17.1. The van der Waals surface area contributed by atoms with E-state index in [1.807, 2.05) is 31.2 Å². The molecule has 0 aliphatic carbocycles. The minimum atomic E-state index is -0.501. The molecule has 1 aromatic carbocycles. The number of carbonyl (C=O) groups excluding carboxylic acids is 2. The van der Waals surface area contributed by atoms with Crippen molar-refractivity contribution >= 4 is 33.4 Å². The molecule has 5 nitrogen and oxygen atoms in total. The van der Waals surface area contributed by atoms with E-state index in [0.29, 0.717) is 0 Å². The summed E-state index contributed by atoms with van der Waals surface area (Å²) in [5, 5.41) is 0.859. The lowest BCUT2D eigenvalue weighted by atomic mass is 10.3. The summed E-state index contributed by atoms with van der Waals surface area (Å²) in [6.45, 7) is 5.23. The Morgan fingerprint density at radius 1 is 1.35 bits per heavy atom. The Balaban J connectivity index is 2.01. The number of aromatic nitrogens is 1. The van der Waals surface area contributed by atoms with Gasteiger partial charge in [-0.1, -0.05) is 17.7 Å². The summed E-state index contributed by atoms with van der Waals surface area (Å²) >= 11 is 1.56. The standard InChI is InChI=1S/C17H20N2O3S/c1-11(2)9-16(21)22-10-15(20)19(4)12(3)17-18-13-7-5-6-8-14(13)23-17/h5-9,12H,10H2,1-4H3/t12-/m0/s1. The highest BCUT2D eigenvalue weighted by molar-refractivity contribution is 7.18. The Bertz CT molecular complexity index is 714. The molecule has 0 bridgehead atoms. The van der Waals surface area contributed by atoms with E-state index in [9.17, 15) is 9.59 Å². The Hall–Kier alpha value is -2.21. The highest BCUT2D eigenvalue weighted by atomic mass is 32.1. The molecule has 0 radical (unpaired) electrons. The molecular weight excluding hydrogens is 312 g/mol. The number of thiazole rings is 1. The minimum Gasteiger partial charge on any atom is -0.452 e. The molecule has 1 heterocycles. The molecular formula is C17H20N2O3S. The van der Waals surface area contributed by atoms with Gasteiger partial charge in [0.25, 0.3) is 5.91 Å². The van der Waals surface area contributed by atoms with Gasteiger partial charge >= 0.3 is 5.97 Å². The maximum absolute atomic E-state index is 12.2. The number of hydrogen-bond acceptors (Lipinski definition) is 5. The lowest BCUT2D eigenvalue weighted by Crippen LogP contribution is -2.33. The normalized spacial score (nSPS) is 11.8. The summed E-state index contributed by atoms with van der Waals surface area (Å²) in [6.07, 6.45) is 1.37. The number of para-hydroxylation sites is 1. The molecule has 1 amide bonds. The molecule has 1 atom stereocenters. The molecule has 0 spiro atoms. The van der Waals surface area contributed by atoms with Gasteiger partial charge in [0, 0.05) is 13.1 Å². The van der Waals surface area contributed by atoms with Crippen LogP contribution in [-0.4, -0.2) is 35.4 Å². The first-order valence-electron chi connectivity index (χ1n) is 7.31. The van der Waals surface area contributed by atoms with E-state index in [2.05, 4.69) is 4.98 Å². The molecule has 0 saturated carbocycles. The van der Waals surface area contributed by atoms with Crippen molar-refractivity contribution in [3.05, 3.63) is 40.9 Å². The van der Waals surface area contributed by atoms with Crippen molar-refractivity contribution in [3.8, 4) is 0 Å².